The fraction of sp³-hybridized carbons (Fsp3) is 0.906. The van der Waals surface area contributed by atoms with Gasteiger partial charge >= 0.3 is 0 Å². The molecule has 38 heavy (non-hydrogen) atoms. The largest absolute Gasteiger partial charge is 0.386 e. The minimum atomic E-state index is 0. The van der Waals surface area contributed by atoms with E-state index in [9.17, 15) is 0 Å². The maximum absolute atomic E-state index is 5.31. The van der Waals surface area contributed by atoms with Gasteiger partial charge in [0.1, 0.15) is 0 Å². The third-order valence-electron chi connectivity index (χ3n) is 5.16. The molecule has 0 amide bonds. The van der Waals surface area contributed by atoms with Crippen molar-refractivity contribution < 1.29 is 0 Å². The summed E-state index contributed by atoms with van der Waals surface area (Å²) in [5.74, 6) is 4.05. The van der Waals surface area contributed by atoms with E-state index in [1.807, 2.05) is 0 Å². The van der Waals surface area contributed by atoms with Crippen molar-refractivity contribution in [3.05, 3.63) is 12.4 Å². The van der Waals surface area contributed by atoms with Crippen molar-refractivity contribution in [1.29, 1.82) is 0 Å². The number of guanidine groups is 1. The smallest absolute Gasteiger partial charge is 0.185 e. The highest BCUT2D eigenvalue weighted by Gasteiger charge is 1.93. The fourth-order valence-electron chi connectivity index (χ4n) is 2.97. The molecule has 0 aliphatic rings. The standard InChI is InChI=1S/C8H18N2.C8H18.C7H17N3.C7H17N.2CH4/c1-7(2)5-4-6-10-8(3)9;1-4-5-6-7-8(2)3;1-6(2)4-3-5-10-7(8)9;1-7(2)5-3-4-6-8;;/h7,10H,3-6,9H2,1-2H3;8H,4-7H2,1-3H3;6H,3-5H2,1-2H3,(H4,8,9,10);7H,3-6,8H2,1-2H3;2*1H4. The lowest BCUT2D eigenvalue weighted by molar-refractivity contribution is 0.534. The van der Waals surface area contributed by atoms with Crippen LogP contribution < -0.4 is 28.3 Å². The molecule has 6 heteroatoms. The van der Waals surface area contributed by atoms with E-state index >= 15 is 0 Å². The Labute approximate surface area is 242 Å². The molecular weight excluding hydrogens is 468 g/mol. The van der Waals surface area contributed by atoms with Crippen LogP contribution in [0.2, 0.25) is 0 Å². The molecule has 6 nitrogen and oxygen atoms in total. The lowest BCUT2D eigenvalue weighted by Gasteiger charge is -2.05. The van der Waals surface area contributed by atoms with E-state index in [1.165, 1.54) is 64.2 Å². The molecule has 0 aromatic carbocycles. The summed E-state index contributed by atoms with van der Waals surface area (Å²) in [6, 6.07) is 0. The van der Waals surface area contributed by atoms with Gasteiger partial charge in [0.2, 0.25) is 0 Å². The molecule has 0 fully saturated rings. The third kappa shape index (κ3) is 76.5. The average Bonchev–Trinajstić information content (AvgIpc) is 2.75. The molecule has 0 atom stereocenters. The van der Waals surface area contributed by atoms with Crippen LogP contribution in [0.15, 0.2) is 17.4 Å². The van der Waals surface area contributed by atoms with E-state index < -0.39 is 0 Å². The Morgan fingerprint density at radius 1 is 0.658 bits per heavy atom. The molecule has 0 unspecified atom stereocenters. The Balaban J connectivity index is -0.0000000888. The molecular formula is C32H78N6. The van der Waals surface area contributed by atoms with Crippen LogP contribution >= 0.6 is 0 Å². The highest BCUT2D eigenvalue weighted by atomic mass is 15.0. The summed E-state index contributed by atoms with van der Waals surface area (Å²) in [5, 5.41) is 2.98. The zero-order chi connectivity index (χ0) is 28.8. The summed E-state index contributed by atoms with van der Waals surface area (Å²) < 4.78 is 0. The highest BCUT2D eigenvalue weighted by molar-refractivity contribution is 5.75. The minimum absolute atomic E-state index is 0. The molecule has 0 aliphatic carbocycles. The van der Waals surface area contributed by atoms with Crippen molar-refractivity contribution in [2.24, 2.45) is 51.6 Å². The van der Waals surface area contributed by atoms with E-state index in [0.29, 0.717) is 5.82 Å². The lowest BCUT2D eigenvalue weighted by atomic mass is 10.1. The van der Waals surface area contributed by atoms with Crippen molar-refractivity contribution in [2.75, 3.05) is 19.6 Å². The Hall–Kier alpha value is -1.43. The van der Waals surface area contributed by atoms with Crippen molar-refractivity contribution >= 4 is 5.96 Å². The Morgan fingerprint density at radius 3 is 1.39 bits per heavy atom. The van der Waals surface area contributed by atoms with Crippen molar-refractivity contribution in [3.8, 4) is 0 Å². The first-order chi connectivity index (χ1) is 16.8. The predicted molar refractivity (Wildman–Crippen MR) is 180 cm³/mol. The second-order valence-corrected chi connectivity index (χ2v) is 11.4. The quantitative estimate of drug-likeness (QED) is 0.0710. The lowest BCUT2D eigenvalue weighted by Crippen LogP contribution is -2.22. The summed E-state index contributed by atoms with van der Waals surface area (Å²) in [6.07, 6.45) is 14.1. The van der Waals surface area contributed by atoms with Crippen LogP contribution in [0.1, 0.15) is 148 Å². The van der Waals surface area contributed by atoms with Gasteiger partial charge in [-0.3, -0.25) is 4.99 Å². The maximum atomic E-state index is 5.31. The van der Waals surface area contributed by atoms with Crippen molar-refractivity contribution in [3.63, 3.8) is 0 Å². The molecule has 0 heterocycles. The molecule has 9 N–H and O–H groups in total. The van der Waals surface area contributed by atoms with E-state index in [4.69, 9.17) is 22.9 Å². The van der Waals surface area contributed by atoms with E-state index in [1.54, 1.807) is 0 Å². The topological polar surface area (TPSA) is 128 Å². The Kier molecular flexibility index (Phi) is 52.2. The molecule has 0 aliphatic heterocycles. The molecule has 0 radical (unpaired) electrons. The zero-order valence-electron chi connectivity index (χ0n) is 26.2. The number of aliphatic imine (C=N–C) groups is 1. The predicted octanol–water partition coefficient (Wildman–Crippen LogP) is 8.40. The third-order valence-corrected chi connectivity index (χ3v) is 5.16. The van der Waals surface area contributed by atoms with E-state index in [0.717, 1.165) is 49.7 Å². The van der Waals surface area contributed by atoms with Crippen LogP contribution in [0.5, 0.6) is 0 Å². The van der Waals surface area contributed by atoms with E-state index in [-0.39, 0.29) is 20.8 Å². The number of rotatable bonds is 17. The first-order valence-electron chi connectivity index (χ1n) is 14.7. The summed E-state index contributed by atoms with van der Waals surface area (Å²) in [5.41, 5.74) is 20.9. The van der Waals surface area contributed by atoms with Crippen LogP contribution in [0, 0.1) is 23.7 Å². The summed E-state index contributed by atoms with van der Waals surface area (Å²) in [7, 11) is 0. The highest BCUT2D eigenvalue weighted by Crippen LogP contribution is 2.07. The van der Waals surface area contributed by atoms with Crippen LogP contribution in [0.25, 0.3) is 0 Å². The SMILES string of the molecule is C.C.C=C(N)NCCCC(C)C.CC(C)CCCCN.CC(C)CCCN=C(N)N.CCCCCC(C)C. The molecule has 0 aromatic heterocycles. The first-order valence-corrected chi connectivity index (χ1v) is 14.7. The number of hydrogen-bond donors (Lipinski definition) is 5. The molecule has 0 saturated heterocycles. The second-order valence-electron chi connectivity index (χ2n) is 11.4. The van der Waals surface area contributed by atoms with E-state index in [2.05, 4.69) is 79.2 Å². The normalized spacial score (nSPS) is 9.63. The van der Waals surface area contributed by atoms with Gasteiger partial charge in [0.25, 0.3) is 0 Å². The summed E-state index contributed by atoms with van der Waals surface area (Å²) in [4.78, 5) is 3.87. The van der Waals surface area contributed by atoms with Crippen LogP contribution in [-0.4, -0.2) is 25.6 Å². The van der Waals surface area contributed by atoms with Gasteiger partial charge in [-0.1, -0.05) is 122 Å². The zero-order valence-corrected chi connectivity index (χ0v) is 26.2. The van der Waals surface area contributed by atoms with Crippen molar-refractivity contribution in [2.45, 2.75) is 148 Å². The van der Waals surface area contributed by atoms with Crippen molar-refractivity contribution in [1.82, 2.24) is 5.32 Å². The Bertz CT molecular complexity index is 427. The number of nitrogens with one attached hydrogen (secondary N) is 1. The van der Waals surface area contributed by atoms with Crippen LogP contribution in [0.4, 0.5) is 0 Å². The van der Waals surface area contributed by atoms with Gasteiger partial charge in [0.15, 0.2) is 5.96 Å². The molecule has 0 spiro atoms. The van der Waals surface area contributed by atoms with Gasteiger partial charge in [-0.15, -0.1) is 0 Å². The molecule has 0 rings (SSSR count). The number of unbranched alkanes of at least 4 members (excludes halogenated alkanes) is 3. The monoisotopic (exact) mass is 547 g/mol. The fourth-order valence-corrected chi connectivity index (χ4v) is 2.97. The van der Waals surface area contributed by atoms with Crippen LogP contribution in [-0.2, 0) is 0 Å². The van der Waals surface area contributed by atoms with Gasteiger partial charge in [-0.25, -0.2) is 0 Å². The summed E-state index contributed by atoms with van der Waals surface area (Å²) in [6.45, 7) is 26.2. The first kappa shape index (κ1) is 49.5. The Morgan fingerprint density at radius 2 is 1.05 bits per heavy atom. The molecule has 0 bridgehead atoms. The number of hydrogen-bond acceptors (Lipinski definition) is 4. The van der Waals surface area contributed by atoms with Gasteiger partial charge in [-0.05, 0) is 62.3 Å². The maximum Gasteiger partial charge on any atom is 0.185 e. The molecule has 0 aromatic rings. The van der Waals surface area contributed by atoms with Gasteiger partial charge in [0.05, 0.1) is 5.82 Å². The van der Waals surface area contributed by atoms with Crippen LogP contribution in [0.3, 0.4) is 0 Å². The number of nitrogens with zero attached hydrogens (tertiary/aromatic N) is 1. The molecule has 236 valence electrons. The second kappa shape index (κ2) is 40.1. The molecule has 0 saturated carbocycles. The van der Waals surface area contributed by atoms with Gasteiger partial charge in [0, 0.05) is 13.1 Å². The summed E-state index contributed by atoms with van der Waals surface area (Å²) >= 11 is 0. The minimum Gasteiger partial charge on any atom is -0.386 e. The number of nitrogens with two attached hydrogens (primary N) is 4. The average molecular weight is 547 g/mol. The van der Waals surface area contributed by atoms with Gasteiger partial charge < -0.3 is 28.3 Å². The van der Waals surface area contributed by atoms with Gasteiger partial charge in [-0.2, -0.15) is 0 Å².